The van der Waals surface area contributed by atoms with E-state index in [1.54, 1.807) is 12.1 Å². The summed E-state index contributed by atoms with van der Waals surface area (Å²) >= 11 is 0. The van der Waals surface area contributed by atoms with Crippen molar-refractivity contribution in [3.8, 4) is 0 Å². The SMILES string of the molecule is CC(=Cc1ccc(F)cc1)CO. The molecule has 1 aromatic carbocycles. The molecule has 0 aliphatic heterocycles. The average molecular weight is 166 g/mol. The fourth-order valence-corrected chi connectivity index (χ4v) is 0.889. The van der Waals surface area contributed by atoms with E-state index in [-0.39, 0.29) is 12.4 Å². The lowest BCUT2D eigenvalue weighted by Crippen LogP contribution is -1.83. The van der Waals surface area contributed by atoms with Crippen molar-refractivity contribution in [3.63, 3.8) is 0 Å². The standard InChI is InChI=1S/C10H11FO/c1-8(7-12)6-9-2-4-10(11)5-3-9/h2-6,12H,7H2,1H3. The molecule has 0 saturated carbocycles. The fraction of sp³-hybridized carbons (Fsp3) is 0.200. The average Bonchev–Trinajstić information content (AvgIpc) is 2.09. The Hall–Kier alpha value is -1.15. The van der Waals surface area contributed by atoms with Crippen LogP contribution < -0.4 is 0 Å². The van der Waals surface area contributed by atoms with E-state index in [1.807, 2.05) is 13.0 Å². The first kappa shape index (κ1) is 8.94. The van der Waals surface area contributed by atoms with E-state index >= 15 is 0 Å². The molecule has 0 atom stereocenters. The molecule has 0 aliphatic rings. The zero-order chi connectivity index (χ0) is 8.97. The highest BCUT2D eigenvalue weighted by atomic mass is 19.1. The first-order valence-electron chi connectivity index (χ1n) is 3.76. The van der Waals surface area contributed by atoms with Crippen molar-refractivity contribution in [2.75, 3.05) is 6.61 Å². The van der Waals surface area contributed by atoms with Crippen LogP contribution in [0.1, 0.15) is 12.5 Å². The molecule has 0 unspecified atom stereocenters. The molecule has 1 N–H and O–H groups in total. The van der Waals surface area contributed by atoms with E-state index in [2.05, 4.69) is 0 Å². The second-order valence-electron chi connectivity index (χ2n) is 2.70. The maximum atomic E-state index is 12.4. The molecule has 0 fully saturated rings. The Morgan fingerprint density at radius 1 is 1.42 bits per heavy atom. The number of aliphatic hydroxyl groups is 1. The van der Waals surface area contributed by atoms with Gasteiger partial charge in [-0.1, -0.05) is 18.2 Å². The van der Waals surface area contributed by atoms with E-state index in [0.29, 0.717) is 0 Å². The number of aliphatic hydroxyl groups excluding tert-OH is 1. The Bertz CT molecular complexity index is 274. The molecule has 0 saturated heterocycles. The summed E-state index contributed by atoms with van der Waals surface area (Å²) in [5, 5.41) is 8.71. The molecule has 0 aromatic heterocycles. The van der Waals surface area contributed by atoms with Crippen LogP contribution in [0.2, 0.25) is 0 Å². The zero-order valence-electron chi connectivity index (χ0n) is 6.92. The van der Waals surface area contributed by atoms with E-state index in [0.717, 1.165) is 11.1 Å². The molecule has 2 heteroatoms. The van der Waals surface area contributed by atoms with E-state index in [9.17, 15) is 4.39 Å². The number of hydrogen-bond donors (Lipinski definition) is 1. The van der Waals surface area contributed by atoms with Gasteiger partial charge < -0.3 is 5.11 Å². The van der Waals surface area contributed by atoms with Gasteiger partial charge in [-0.15, -0.1) is 0 Å². The maximum absolute atomic E-state index is 12.4. The minimum Gasteiger partial charge on any atom is -0.392 e. The van der Waals surface area contributed by atoms with Gasteiger partial charge in [-0.05, 0) is 30.2 Å². The molecular weight excluding hydrogens is 155 g/mol. The van der Waals surface area contributed by atoms with Crippen molar-refractivity contribution in [1.29, 1.82) is 0 Å². The normalized spacial score (nSPS) is 11.8. The number of hydrogen-bond acceptors (Lipinski definition) is 1. The van der Waals surface area contributed by atoms with Crippen LogP contribution in [0.25, 0.3) is 6.08 Å². The lowest BCUT2D eigenvalue weighted by atomic mass is 10.1. The second-order valence-corrected chi connectivity index (χ2v) is 2.70. The van der Waals surface area contributed by atoms with E-state index in [1.165, 1.54) is 12.1 Å². The summed E-state index contributed by atoms with van der Waals surface area (Å²) in [5.74, 6) is -0.242. The third-order valence-electron chi connectivity index (χ3n) is 1.53. The van der Waals surface area contributed by atoms with Gasteiger partial charge in [0.1, 0.15) is 5.82 Å². The quantitative estimate of drug-likeness (QED) is 0.714. The van der Waals surface area contributed by atoms with Crippen molar-refractivity contribution in [2.45, 2.75) is 6.92 Å². The minimum absolute atomic E-state index is 0.0391. The number of benzene rings is 1. The van der Waals surface area contributed by atoms with Crippen LogP contribution >= 0.6 is 0 Å². The molecule has 12 heavy (non-hydrogen) atoms. The Morgan fingerprint density at radius 2 is 2.00 bits per heavy atom. The van der Waals surface area contributed by atoms with Crippen LogP contribution in [0.3, 0.4) is 0 Å². The van der Waals surface area contributed by atoms with Gasteiger partial charge in [0.05, 0.1) is 6.61 Å². The molecular formula is C10H11FO. The topological polar surface area (TPSA) is 20.2 Å². The summed E-state index contributed by atoms with van der Waals surface area (Å²) in [5.41, 5.74) is 1.77. The predicted molar refractivity (Wildman–Crippen MR) is 47.1 cm³/mol. The van der Waals surface area contributed by atoms with Crippen LogP contribution in [0.5, 0.6) is 0 Å². The molecule has 1 rings (SSSR count). The van der Waals surface area contributed by atoms with Crippen LogP contribution in [0.15, 0.2) is 29.8 Å². The number of rotatable bonds is 2. The van der Waals surface area contributed by atoms with Crippen molar-refractivity contribution in [1.82, 2.24) is 0 Å². The summed E-state index contributed by atoms with van der Waals surface area (Å²) in [6, 6.07) is 6.15. The van der Waals surface area contributed by atoms with Gasteiger partial charge >= 0.3 is 0 Å². The van der Waals surface area contributed by atoms with Crippen LogP contribution in [-0.4, -0.2) is 11.7 Å². The highest BCUT2D eigenvalue weighted by Gasteiger charge is 1.90. The van der Waals surface area contributed by atoms with Crippen molar-refractivity contribution in [2.24, 2.45) is 0 Å². The first-order valence-corrected chi connectivity index (χ1v) is 3.76. The minimum atomic E-state index is -0.242. The molecule has 64 valence electrons. The highest BCUT2D eigenvalue weighted by Crippen LogP contribution is 2.07. The van der Waals surface area contributed by atoms with Gasteiger partial charge in [0.2, 0.25) is 0 Å². The third kappa shape index (κ3) is 2.47. The van der Waals surface area contributed by atoms with Crippen molar-refractivity contribution in [3.05, 3.63) is 41.2 Å². The highest BCUT2D eigenvalue weighted by molar-refractivity contribution is 5.52. The zero-order valence-corrected chi connectivity index (χ0v) is 6.92. The third-order valence-corrected chi connectivity index (χ3v) is 1.53. The molecule has 0 bridgehead atoms. The predicted octanol–water partition coefficient (Wildman–Crippen LogP) is 2.22. The van der Waals surface area contributed by atoms with Gasteiger partial charge in [0.25, 0.3) is 0 Å². The maximum Gasteiger partial charge on any atom is 0.123 e. The second kappa shape index (κ2) is 4.02. The van der Waals surface area contributed by atoms with E-state index < -0.39 is 0 Å². The lowest BCUT2D eigenvalue weighted by Gasteiger charge is -1.95. The smallest absolute Gasteiger partial charge is 0.123 e. The summed E-state index contributed by atoms with van der Waals surface area (Å²) in [6.07, 6.45) is 1.82. The van der Waals surface area contributed by atoms with Gasteiger partial charge in [-0.2, -0.15) is 0 Å². The Kier molecular flexibility index (Phi) is 3.00. The van der Waals surface area contributed by atoms with Crippen molar-refractivity contribution >= 4 is 6.08 Å². The molecule has 0 heterocycles. The monoisotopic (exact) mass is 166 g/mol. The molecule has 0 amide bonds. The fourth-order valence-electron chi connectivity index (χ4n) is 0.889. The molecule has 0 radical (unpaired) electrons. The summed E-state index contributed by atoms with van der Waals surface area (Å²) < 4.78 is 12.4. The lowest BCUT2D eigenvalue weighted by molar-refractivity contribution is 0.332. The van der Waals surface area contributed by atoms with Crippen LogP contribution in [-0.2, 0) is 0 Å². The molecule has 1 aromatic rings. The Labute approximate surface area is 71.2 Å². The number of halogens is 1. The molecule has 1 nitrogen and oxygen atoms in total. The molecule has 0 spiro atoms. The van der Waals surface area contributed by atoms with Crippen LogP contribution in [0, 0.1) is 5.82 Å². The van der Waals surface area contributed by atoms with Gasteiger partial charge in [-0.3, -0.25) is 0 Å². The van der Waals surface area contributed by atoms with Gasteiger partial charge in [0.15, 0.2) is 0 Å². The van der Waals surface area contributed by atoms with Crippen LogP contribution in [0.4, 0.5) is 4.39 Å². The summed E-state index contributed by atoms with van der Waals surface area (Å²) in [7, 11) is 0. The molecule has 0 aliphatic carbocycles. The Morgan fingerprint density at radius 3 is 2.50 bits per heavy atom. The Balaban J connectivity index is 2.84. The van der Waals surface area contributed by atoms with Gasteiger partial charge in [0, 0.05) is 0 Å². The van der Waals surface area contributed by atoms with Crippen molar-refractivity contribution < 1.29 is 9.50 Å². The first-order chi connectivity index (χ1) is 5.72. The summed E-state index contributed by atoms with van der Waals surface area (Å²) in [4.78, 5) is 0. The summed E-state index contributed by atoms with van der Waals surface area (Å²) in [6.45, 7) is 1.86. The largest absolute Gasteiger partial charge is 0.392 e. The van der Waals surface area contributed by atoms with Gasteiger partial charge in [-0.25, -0.2) is 4.39 Å². The van der Waals surface area contributed by atoms with E-state index in [4.69, 9.17) is 5.11 Å².